The minimum Gasteiger partial charge on any atom is -0.494 e. The second-order valence-electron chi connectivity index (χ2n) is 8.18. The van der Waals surface area contributed by atoms with E-state index < -0.39 is 0 Å². The number of nitriles is 1. The van der Waals surface area contributed by atoms with E-state index in [0.717, 1.165) is 16.5 Å². The van der Waals surface area contributed by atoms with Crippen LogP contribution < -0.4 is 9.64 Å². The molecule has 0 aliphatic carbocycles. The maximum Gasteiger partial charge on any atom is 0.265 e. The zero-order valence-electron chi connectivity index (χ0n) is 19.3. The van der Waals surface area contributed by atoms with Crippen molar-refractivity contribution in [2.24, 2.45) is 0 Å². The molecular weight excluding hydrogens is 438 g/mol. The number of hydrogen-bond donors (Lipinski definition) is 0. The standard InChI is InChI=1S/C29H23N3O3/c1-2-35-22-14-12-21(13-15-22)32-28(33)25-10-4-3-9-24(25)26(29(32)34)18-20-19-31(17-7-16-30)27-11-6-5-8-23(20)27/h3-6,8-15,18-19H,2,7,17H2,1H3/b26-18-. The Bertz CT molecular complexity index is 1510. The molecule has 6 heteroatoms. The van der Waals surface area contributed by atoms with Crippen LogP contribution >= 0.6 is 0 Å². The maximum absolute atomic E-state index is 13.8. The molecule has 0 saturated carbocycles. The van der Waals surface area contributed by atoms with Gasteiger partial charge in [-0.05, 0) is 55.0 Å². The molecule has 0 bridgehead atoms. The largest absolute Gasteiger partial charge is 0.494 e. The van der Waals surface area contributed by atoms with E-state index in [4.69, 9.17) is 10.00 Å². The molecule has 0 spiro atoms. The molecule has 1 aliphatic rings. The lowest BCUT2D eigenvalue weighted by Gasteiger charge is -2.28. The molecule has 172 valence electrons. The topological polar surface area (TPSA) is 75.3 Å². The summed E-state index contributed by atoms with van der Waals surface area (Å²) in [5, 5.41) is 10.0. The molecular formula is C29H23N3O3. The first-order chi connectivity index (χ1) is 17.1. The molecule has 0 fully saturated rings. The van der Waals surface area contributed by atoms with Crippen LogP contribution in [0.2, 0.25) is 0 Å². The van der Waals surface area contributed by atoms with E-state index in [1.807, 2.05) is 54.1 Å². The lowest BCUT2D eigenvalue weighted by Crippen LogP contribution is -2.41. The molecule has 2 heterocycles. The van der Waals surface area contributed by atoms with Crippen LogP contribution in [0.25, 0.3) is 22.6 Å². The number of aryl methyl sites for hydroxylation is 1. The Morgan fingerprint density at radius 1 is 0.914 bits per heavy atom. The molecule has 1 aromatic heterocycles. The second-order valence-corrected chi connectivity index (χ2v) is 8.18. The average Bonchev–Trinajstić information content (AvgIpc) is 3.24. The summed E-state index contributed by atoms with van der Waals surface area (Å²) >= 11 is 0. The van der Waals surface area contributed by atoms with Crippen LogP contribution in [0.5, 0.6) is 5.75 Å². The number of rotatable bonds is 6. The molecule has 6 nitrogen and oxygen atoms in total. The summed E-state index contributed by atoms with van der Waals surface area (Å²) in [6.07, 6.45) is 4.19. The number of ether oxygens (including phenoxy) is 1. The highest BCUT2D eigenvalue weighted by Gasteiger charge is 2.35. The molecule has 4 aromatic rings. The maximum atomic E-state index is 13.8. The van der Waals surface area contributed by atoms with E-state index in [1.165, 1.54) is 4.90 Å². The highest BCUT2D eigenvalue weighted by molar-refractivity contribution is 6.43. The Balaban J connectivity index is 1.65. The van der Waals surface area contributed by atoms with Crippen LogP contribution in [-0.4, -0.2) is 23.0 Å². The number of fused-ring (bicyclic) bond motifs is 2. The second kappa shape index (κ2) is 9.32. The predicted octanol–water partition coefficient (Wildman–Crippen LogP) is 5.68. The third kappa shape index (κ3) is 3.98. The zero-order valence-corrected chi connectivity index (χ0v) is 19.3. The van der Waals surface area contributed by atoms with E-state index in [2.05, 4.69) is 6.07 Å². The van der Waals surface area contributed by atoms with Crippen molar-refractivity contribution in [1.82, 2.24) is 4.57 Å². The van der Waals surface area contributed by atoms with Gasteiger partial charge in [0.15, 0.2) is 0 Å². The number of benzene rings is 3. The summed E-state index contributed by atoms with van der Waals surface area (Å²) < 4.78 is 7.53. The molecule has 0 atom stereocenters. The van der Waals surface area contributed by atoms with Crippen LogP contribution in [0, 0.1) is 11.3 Å². The van der Waals surface area contributed by atoms with E-state index in [9.17, 15) is 9.59 Å². The fourth-order valence-corrected chi connectivity index (χ4v) is 4.49. The van der Waals surface area contributed by atoms with Crippen molar-refractivity contribution in [2.75, 3.05) is 11.5 Å². The van der Waals surface area contributed by atoms with Gasteiger partial charge in [-0.25, -0.2) is 4.90 Å². The lowest BCUT2D eigenvalue weighted by atomic mass is 9.91. The van der Waals surface area contributed by atoms with Gasteiger partial charge in [0.25, 0.3) is 11.8 Å². The molecule has 0 unspecified atom stereocenters. The van der Waals surface area contributed by atoms with Crippen molar-refractivity contribution < 1.29 is 14.3 Å². The number of carbonyl (C=O) groups is 2. The van der Waals surface area contributed by atoms with Crippen LogP contribution in [0.3, 0.4) is 0 Å². The normalized spacial score (nSPS) is 14.3. The highest BCUT2D eigenvalue weighted by atomic mass is 16.5. The number of amides is 2. The molecule has 5 rings (SSSR count). The highest BCUT2D eigenvalue weighted by Crippen LogP contribution is 2.35. The van der Waals surface area contributed by atoms with Crippen LogP contribution in [0.4, 0.5) is 5.69 Å². The Morgan fingerprint density at radius 3 is 2.37 bits per heavy atom. The molecule has 0 N–H and O–H groups in total. The van der Waals surface area contributed by atoms with Crippen molar-refractivity contribution in [1.29, 1.82) is 5.26 Å². The third-order valence-corrected chi connectivity index (χ3v) is 6.07. The fourth-order valence-electron chi connectivity index (χ4n) is 4.49. The van der Waals surface area contributed by atoms with Crippen molar-refractivity contribution >= 4 is 40.1 Å². The molecule has 0 saturated heterocycles. The first kappa shape index (κ1) is 22.2. The summed E-state index contributed by atoms with van der Waals surface area (Å²) in [6, 6.07) is 24.2. The summed E-state index contributed by atoms with van der Waals surface area (Å²) in [5.41, 5.74) is 3.86. The third-order valence-electron chi connectivity index (χ3n) is 6.07. The number of aromatic nitrogens is 1. The Labute approximate surface area is 203 Å². The summed E-state index contributed by atoms with van der Waals surface area (Å²) in [5.74, 6) is -0.0652. The average molecular weight is 462 g/mol. The number of anilines is 1. The van der Waals surface area contributed by atoms with Crippen LogP contribution in [0.1, 0.15) is 34.8 Å². The number of para-hydroxylation sites is 1. The van der Waals surface area contributed by atoms with E-state index >= 15 is 0 Å². The summed E-state index contributed by atoms with van der Waals surface area (Å²) in [4.78, 5) is 28.4. The van der Waals surface area contributed by atoms with Gasteiger partial charge in [0, 0.05) is 40.3 Å². The summed E-state index contributed by atoms with van der Waals surface area (Å²) in [7, 11) is 0. The molecule has 2 amide bonds. The lowest BCUT2D eigenvalue weighted by molar-refractivity contribution is -0.112. The van der Waals surface area contributed by atoms with Crippen LogP contribution in [0.15, 0.2) is 79.0 Å². The number of nitrogens with zero attached hydrogens (tertiary/aromatic N) is 3. The van der Waals surface area contributed by atoms with E-state index in [0.29, 0.717) is 47.7 Å². The van der Waals surface area contributed by atoms with E-state index in [1.54, 1.807) is 42.5 Å². The van der Waals surface area contributed by atoms with E-state index in [-0.39, 0.29) is 11.8 Å². The van der Waals surface area contributed by atoms with Gasteiger partial charge >= 0.3 is 0 Å². The number of hydrogen-bond acceptors (Lipinski definition) is 4. The predicted molar refractivity (Wildman–Crippen MR) is 136 cm³/mol. The van der Waals surface area contributed by atoms with Gasteiger partial charge in [-0.15, -0.1) is 0 Å². The Hall–Kier alpha value is -4.63. The van der Waals surface area contributed by atoms with Crippen LogP contribution in [-0.2, 0) is 11.3 Å². The minimum atomic E-state index is -0.383. The van der Waals surface area contributed by atoms with Gasteiger partial charge in [-0.1, -0.05) is 36.4 Å². The van der Waals surface area contributed by atoms with Gasteiger partial charge in [-0.3, -0.25) is 9.59 Å². The van der Waals surface area contributed by atoms with Gasteiger partial charge in [0.1, 0.15) is 5.75 Å². The smallest absolute Gasteiger partial charge is 0.265 e. The number of carbonyl (C=O) groups excluding carboxylic acids is 2. The number of imide groups is 1. The molecule has 1 aliphatic heterocycles. The quantitative estimate of drug-likeness (QED) is 0.273. The van der Waals surface area contributed by atoms with Gasteiger partial charge in [0.05, 0.1) is 24.8 Å². The minimum absolute atomic E-state index is 0.358. The van der Waals surface area contributed by atoms with Crippen molar-refractivity contribution in [3.8, 4) is 11.8 Å². The van der Waals surface area contributed by atoms with Gasteiger partial charge in [0.2, 0.25) is 0 Å². The van der Waals surface area contributed by atoms with Crippen molar-refractivity contribution in [3.05, 3.63) is 95.7 Å². The molecule has 0 radical (unpaired) electrons. The molecule has 35 heavy (non-hydrogen) atoms. The monoisotopic (exact) mass is 461 g/mol. The zero-order chi connectivity index (χ0) is 24.4. The SMILES string of the molecule is CCOc1ccc(N2C(=O)/C(=C\c3cn(CCC#N)c4ccccc34)c3ccccc3C2=O)cc1. The Kier molecular flexibility index (Phi) is 5.90. The van der Waals surface area contributed by atoms with Gasteiger partial charge in [-0.2, -0.15) is 5.26 Å². The van der Waals surface area contributed by atoms with Gasteiger partial charge < -0.3 is 9.30 Å². The first-order valence-electron chi connectivity index (χ1n) is 11.5. The van der Waals surface area contributed by atoms with Crippen molar-refractivity contribution in [3.63, 3.8) is 0 Å². The first-order valence-corrected chi connectivity index (χ1v) is 11.5. The summed E-state index contributed by atoms with van der Waals surface area (Å²) in [6.45, 7) is 2.99. The molecule has 3 aromatic carbocycles. The fraction of sp³-hybridized carbons (Fsp3) is 0.138. The van der Waals surface area contributed by atoms with Crippen molar-refractivity contribution in [2.45, 2.75) is 19.9 Å². The Morgan fingerprint density at radius 2 is 1.63 bits per heavy atom.